The van der Waals surface area contributed by atoms with Crippen LogP contribution in [-0.2, 0) is 6.42 Å². The molecule has 1 fully saturated rings. The molecule has 100 valence electrons. The number of aromatic nitrogens is 3. The van der Waals surface area contributed by atoms with Gasteiger partial charge in [0.25, 0.3) is 0 Å². The van der Waals surface area contributed by atoms with E-state index in [0.717, 1.165) is 29.4 Å². The van der Waals surface area contributed by atoms with Crippen molar-refractivity contribution >= 4 is 0 Å². The minimum Gasteiger partial charge on any atom is -0.306 e. The maximum Gasteiger partial charge on any atom is 0.111 e. The molecule has 2 aromatic heterocycles. The van der Waals surface area contributed by atoms with Gasteiger partial charge in [-0.3, -0.25) is 10.1 Å². The molecule has 0 bridgehead atoms. The lowest BCUT2D eigenvalue weighted by molar-refractivity contribution is 0.393. The van der Waals surface area contributed by atoms with Crippen molar-refractivity contribution < 1.29 is 0 Å². The molecule has 1 saturated heterocycles. The molecule has 3 heterocycles. The summed E-state index contributed by atoms with van der Waals surface area (Å²) in [7, 11) is 2.19. The molecule has 0 spiro atoms. The van der Waals surface area contributed by atoms with Gasteiger partial charge in [0.05, 0.1) is 5.69 Å². The molecule has 0 amide bonds. The van der Waals surface area contributed by atoms with Crippen molar-refractivity contribution in [1.29, 1.82) is 0 Å². The zero-order valence-corrected chi connectivity index (χ0v) is 11.6. The van der Waals surface area contributed by atoms with Gasteiger partial charge < -0.3 is 4.90 Å². The molecule has 4 nitrogen and oxygen atoms in total. The van der Waals surface area contributed by atoms with Crippen molar-refractivity contribution in [3.63, 3.8) is 0 Å². The van der Waals surface area contributed by atoms with Crippen molar-refractivity contribution in [3.8, 4) is 11.4 Å². The summed E-state index contributed by atoms with van der Waals surface area (Å²) >= 11 is 0. The number of nitrogens with one attached hydrogen (secondary N) is 1. The number of likely N-dealkylation sites (tertiary alicyclic amines) is 1. The summed E-state index contributed by atoms with van der Waals surface area (Å²) in [5, 5.41) is 7.24. The Morgan fingerprint density at radius 2 is 2.26 bits per heavy atom. The number of hydrogen-bond acceptors (Lipinski definition) is 3. The van der Waals surface area contributed by atoms with Crippen molar-refractivity contribution in [2.45, 2.75) is 19.8 Å². The SMILES string of the molecule is Cc1cc(-c2cccc(C[C@@H]3CCN(C)C3)n2)n[nH]1. The van der Waals surface area contributed by atoms with Gasteiger partial charge in [0.2, 0.25) is 0 Å². The Morgan fingerprint density at radius 1 is 1.37 bits per heavy atom. The number of pyridine rings is 1. The van der Waals surface area contributed by atoms with Crippen molar-refractivity contribution in [2.24, 2.45) is 5.92 Å². The molecule has 4 heteroatoms. The normalized spacial score (nSPS) is 20.0. The van der Waals surface area contributed by atoms with E-state index in [2.05, 4.69) is 34.3 Å². The molecular weight excluding hydrogens is 236 g/mol. The van der Waals surface area contributed by atoms with Crippen LogP contribution < -0.4 is 0 Å². The van der Waals surface area contributed by atoms with Crippen molar-refractivity contribution in [3.05, 3.63) is 35.7 Å². The van der Waals surface area contributed by atoms with Crippen molar-refractivity contribution in [1.82, 2.24) is 20.1 Å². The van der Waals surface area contributed by atoms with Gasteiger partial charge in [0.15, 0.2) is 0 Å². The summed E-state index contributed by atoms with van der Waals surface area (Å²) in [6.07, 6.45) is 2.35. The Bertz CT molecular complexity index is 561. The maximum absolute atomic E-state index is 4.74. The number of H-pyrrole nitrogens is 1. The Hall–Kier alpha value is -1.68. The summed E-state index contributed by atoms with van der Waals surface area (Å²) < 4.78 is 0. The Kier molecular flexibility index (Phi) is 3.34. The smallest absolute Gasteiger partial charge is 0.111 e. The molecule has 1 aliphatic heterocycles. The third-order valence-corrected chi connectivity index (χ3v) is 3.76. The highest BCUT2D eigenvalue weighted by Crippen LogP contribution is 2.21. The van der Waals surface area contributed by atoms with Gasteiger partial charge in [-0.25, -0.2) is 0 Å². The average Bonchev–Trinajstić information content (AvgIpc) is 2.99. The third kappa shape index (κ3) is 2.84. The highest BCUT2D eigenvalue weighted by atomic mass is 15.1. The zero-order valence-electron chi connectivity index (χ0n) is 11.6. The summed E-state index contributed by atoms with van der Waals surface area (Å²) in [6, 6.07) is 8.27. The van der Waals surface area contributed by atoms with Crippen LogP contribution in [-0.4, -0.2) is 40.2 Å². The fourth-order valence-electron chi connectivity index (χ4n) is 2.77. The van der Waals surface area contributed by atoms with E-state index < -0.39 is 0 Å². The minimum absolute atomic E-state index is 0.744. The van der Waals surface area contributed by atoms with E-state index >= 15 is 0 Å². The third-order valence-electron chi connectivity index (χ3n) is 3.76. The molecule has 0 saturated carbocycles. The van der Waals surface area contributed by atoms with Crippen LogP contribution in [0.2, 0.25) is 0 Å². The van der Waals surface area contributed by atoms with Crippen LogP contribution in [0.5, 0.6) is 0 Å². The fourth-order valence-corrected chi connectivity index (χ4v) is 2.77. The number of hydrogen-bond donors (Lipinski definition) is 1. The van der Waals surface area contributed by atoms with Gasteiger partial charge in [0, 0.05) is 17.9 Å². The van der Waals surface area contributed by atoms with E-state index in [0.29, 0.717) is 0 Å². The average molecular weight is 256 g/mol. The van der Waals surface area contributed by atoms with Gasteiger partial charge in [-0.2, -0.15) is 5.10 Å². The summed E-state index contributed by atoms with van der Waals surface area (Å²) in [5.41, 5.74) is 4.15. The monoisotopic (exact) mass is 256 g/mol. The summed E-state index contributed by atoms with van der Waals surface area (Å²) in [5.74, 6) is 0.744. The molecule has 0 unspecified atom stereocenters. The first-order chi connectivity index (χ1) is 9.20. The Morgan fingerprint density at radius 3 is 2.95 bits per heavy atom. The van der Waals surface area contributed by atoms with E-state index in [1.54, 1.807) is 0 Å². The van der Waals surface area contributed by atoms with Gasteiger partial charge in [-0.1, -0.05) is 6.07 Å². The van der Waals surface area contributed by atoms with E-state index in [1.807, 2.05) is 19.1 Å². The lowest BCUT2D eigenvalue weighted by Gasteiger charge is -2.10. The molecule has 1 aliphatic rings. The Balaban J connectivity index is 1.76. The van der Waals surface area contributed by atoms with Crippen LogP contribution in [0, 0.1) is 12.8 Å². The minimum atomic E-state index is 0.744. The van der Waals surface area contributed by atoms with Crippen LogP contribution in [0.3, 0.4) is 0 Å². The predicted molar refractivity (Wildman–Crippen MR) is 75.9 cm³/mol. The van der Waals surface area contributed by atoms with E-state index in [1.165, 1.54) is 25.2 Å². The molecular formula is C15H20N4. The second kappa shape index (κ2) is 5.13. The first-order valence-electron chi connectivity index (χ1n) is 6.87. The first-order valence-corrected chi connectivity index (χ1v) is 6.87. The van der Waals surface area contributed by atoms with Crippen molar-refractivity contribution in [2.75, 3.05) is 20.1 Å². The predicted octanol–water partition coefficient (Wildman–Crippen LogP) is 2.27. The second-order valence-electron chi connectivity index (χ2n) is 5.57. The van der Waals surface area contributed by atoms with Gasteiger partial charge >= 0.3 is 0 Å². The summed E-state index contributed by atoms with van der Waals surface area (Å²) in [4.78, 5) is 7.14. The molecule has 19 heavy (non-hydrogen) atoms. The second-order valence-corrected chi connectivity index (χ2v) is 5.57. The first kappa shape index (κ1) is 12.4. The lowest BCUT2D eigenvalue weighted by Crippen LogP contribution is -2.15. The number of rotatable bonds is 3. The Labute approximate surface area is 113 Å². The van der Waals surface area contributed by atoms with Gasteiger partial charge in [0.1, 0.15) is 5.69 Å². The van der Waals surface area contributed by atoms with E-state index in [-0.39, 0.29) is 0 Å². The zero-order chi connectivity index (χ0) is 13.2. The topological polar surface area (TPSA) is 44.8 Å². The number of nitrogens with zero attached hydrogens (tertiary/aromatic N) is 3. The van der Waals surface area contributed by atoms with Crippen LogP contribution >= 0.6 is 0 Å². The van der Waals surface area contributed by atoms with Crippen LogP contribution in [0.4, 0.5) is 0 Å². The molecule has 1 atom stereocenters. The standard InChI is InChI=1S/C15H20N4/c1-11-8-15(18-17-11)14-5-3-4-13(16-14)9-12-6-7-19(2)10-12/h3-5,8,12H,6-7,9-10H2,1-2H3,(H,17,18)/t12-/m0/s1. The number of aromatic amines is 1. The van der Waals surface area contributed by atoms with Crippen LogP contribution in [0.1, 0.15) is 17.8 Å². The molecule has 2 aromatic rings. The molecule has 1 N–H and O–H groups in total. The highest BCUT2D eigenvalue weighted by Gasteiger charge is 2.20. The maximum atomic E-state index is 4.74. The van der Waals surface area contributed by atoms with Gasteiger partial charge in [-0.15, -0.1) is 0 Å². The molecule has 0 aliphatic carbocycles. The lowest BCUT2D eigenvalue weighted by atomic mass is 10.0. The van der Waals surface area contributed by atoms with Crippen LogP contribution in [0.25, 0.3) is 11.4 Å². The largest absolute Gasteiger partial charge is 0.306 e. The molecule has 0 radical (unpaired) electrons. The quantitative estimate of drug-likeness (QED) is 0.916. The molecule has 0 aromatic carbocycles. The summed E-state index contributed by atoms with van der Waals surface area (Å²) in [6.45, 7) is 4.41. The van der Waals surface area contributed by atoms with E-state index in [9.17, 15) is 0 Å². The fraction of sp³-hybridized carbons (Fsp3) is 0.467. The number of aryl methyl sites for hydroxylation is 1. The highest BCUT2D eigenvalue weighted by molar-refractivity contribution is 5.54. The van der Waals surface area contributed by atoms with Gasteiger partial charge in [-0.05, 0) is 57.5 Å². The van der Waals surface area contributed by atoms with E-state index in [4.69, 9.17) is 4.98 Å². The molecule has 3 rings (SSSR count). The van der Waals surface area contributed by atoms with Crippen LogP contribution in [0.15, 0.2) is 24.3 Å².